The van der Waals surface area contributed by atoms with Crippen LogP contribution in [0.4, 0.5) is 0 Å². The van der Waals surface area contributed by atoms with Crippen molar-refractivity contribution in [2.45, 2.75) is 26.4 Å². The van der Waals surface area contributed by atoms with Gasteiger partial charge >= 0.3 is 5.69 Å². The molecular weight excluding hydrogens is 346 g/mol. The Kier molecular flexibility index (Phi) is 5.55. The molecule has 8 nitrogen and oxygen atoms in total. The second-order valence-electron chi connectivity index (χ2n) is 5.88. The van der Waals surface area contributed by atoms with Crippen LogP contribution in [0.5, 0.6) is 0 Å². The molecule has 2 aromatic heterocycles. The maximum atomic E-state index is 12.7. The summed E-state index contributed by atoms with van der Waals surface area (Å²) >= 11 is 0. The van der Waals surface area contributed by atoms with Crippen LogP contribution in [0.1, 0.15) is 29.4 Å². The van der Waals surface area contributed by atoms with E-state index in [0.717, 1.165) is 14.8 Å². The average Bonchev–Trinajstić information content (AvgIpc) is 2.71. The van der Waals surface area contributed by atoms with Gasteiger partial charge in [-0.2, -0.15) is 9.78 Å². The fourth-order valence-electron chi connectivity index (χ4n) is 2.58. The second kappa shape index (κ2) is 8.22. The number of pyridine rings is 1. The fraction of sp³-hybridized carbons (Fsp3) is 0.211. The van der Waals surface area contributed by atoms with Crippen LogP contribution in [-0.2, 0) is 13.1 Å². The van der Waals surface area contributed by atoms with Gasteiger partial charge in [0, 0.05) is 25.5 Å². The molecule has 0 unspecified atom stereocenters. The van der Waals surface area contributed by atoms with Gasteiger partial charge in [-0.05, 0) is 30.2 Å². The number of carbonyl (C=O) groups excluding carboxylic acids is 1. The number of amides is 1. The van der Waals surface area contributed by atoms with Gasteiger partial charge in [0.25, 0.3) is 11.5 Å². The van der Waals surface area contributed by atoms with Gasteiger partial charge in [0.2, 0.25) is 5.69 Å². The van der Waals surface area contributed by atoms with Crippen LogP contribution in [0.3, 0.4) is 0 Å². The number of rotatable bonds is 6. The van der Waals surface area contributed by atoms with Crippen LogP contribution in [-0.4, -0.2) is 25.2 Å². The molecule has 1 amide bonds. The van der Waals surface area contributed by atoms with Crippen LogP contribution in [0.2, 0.25) is 0 Å². The zero-order valence-electron chi connectivity index (χ0n) is 14.8. The Balaban J connectivity index is 2.01. The van der Waals surface area contributed by atoms with Crippen molar-refractivity contribution in [1.82, 2.24) is 24.6 Å². The third kappa shape index (κ3) is 4.00. The normalized spacial score (nSPS) is 10.6. The minimum atomic E-state index is -0.697. The van der Waals surface area contributed by atoms with Gasteiger partial charge < -0.3 is 5.32 Å². The van der Waals surface area contributed by atoms with E-state index in [1.165, 1.54) is 0 Å². The number of para-hydroxylation sites is 1. The molecule has 0 aliphatic heterocycles. The maximum absolute atomic E-state index is 12.7. The lowest BCUT2D eigenvalue weighted by Crippen LogP contribution is -2.45. The summed E-state index contributed by atoms with van der Waals surface area (Å²) in [5, 5.41) is 6.69. The molecule has 0 aliphatic carbocycles. The summed E-state index contributed by atoms with van der Waals surface area (Å²) in [5.41, 5.74) is -0.324. The summed E-state index contributed by atoms with van der Waals surface area (Å²) in [4.78, 5) is 41.8. The highest BCUT2D eigenvalue weighted by atomic mass is 16.2. The topological polar surface area (TPSA) is 98.9 Å². The summed E-state index contributed by atoms with van der Waals surface area (Å²) in [5.74, 6) is -0.640. The zero-order valence-corrected chi connectivity index (χ0v) is 14.8. The third-order valence-electron chi connectivity index (χ3n) is 3.90. The number of nitrogens with zero attached hydrogens (tertiary/aromatic N) is 4. The standard InChI is InChI=1S/C19H19N5O3/c1-2-11-23-18(26)16(17(25)21-13-14-7-6-10-20-12-14)22-24(19(23)27)15-8-4-3-5-9-15/h3-10,12H,2,11,13H2,1H3,(H,21,25). The van der Waals surface area contributed by atoms with Gasteiger partial charge in [-0.3, -0.25) is 19.1 Å². The van der Waals surface area contributed by atoms with E-state index in [0.29, 0.717) is 12.1 Å². The van der Waals surface area contributed by atoms with E-state index >= 15 is 0 Å². The number of hydrogen-bond donors (Lipinski definition) is 1. The number of aromatic nitrogens is 4. The van der Waals surface area contributed by atoms with Crippen LogP contribution < -0.4 is 16.6 Å². The van der Waals surface area contributed by atoms with Gasteiger partial charge in [-0.25, -0.2) is 4.79 Å². The molecule has 3 aromatic rings. The summed E-state index contributed by atoms with van der Waals surface area (Å²) in [6, 6.07) is 12.2. The van der Waals surface area contributed by atoms with E-state index in [4.69, 9.17) is 0 Å². The first-order chi connectivity index (χ1) is 13.1. The molecule has 0 aliphatic rings. The SMILES string of the molecule is CCCn1c(=O)c(C(=O)NCc2cccnc2)nn(-c2ccccc2)c1=O. The van der Waals surface area contributed by atoms with Crippen molar-refractivity contribution in [2.24, 2.45) is 0 Å². The lowest BCUT2D eigenvalue weighted by atomic mass is 10.3. The largest absolute Gasteiger partial charge is 0.352 e. The van der Waals surface area contributed by atoms with Crippen LogP contribution in [0.25, 0.3) is 5.69 Å². The first-order valence-corrected chi connectivity index (χ1v) is 8.58. The minimum Gasteiger partial charge on any atom is -0.346 e. The number of benzene rings is 1. The average molecular weight is 365 g/mol. The molecule has 3 rings (SSSR count). The Labute approximate surface area is 155 Å². The molecule has 1 aromatic carbocycles. The van der Waals surface area contributed by atoms with E-state index in [9.17, 15) is 14.4 Å². The molecule has 138 valence electrons. The number of nitrogens with one attached hydrogen (secondary N) is 1. The van der Waals surface area contributed by atoms with Crippen molar-refractivity contribution >= 4 is 5.91 Å². The molecule has 0 radical (unpaired) electrons. The first kappa shape index (κ1) is 18.2. The number of carbonyl (C=O) groups is 1. The van der Waals surface area contributed by atoms with Gasteiger partial charge in [-0.15, -0.1) is 0 Å². The van der Waals surface area contributed by atoms with E-state index < -0.39 is 17.2 Å². The van der Waals surface area contributed by atoms with Crippen molar-refractivity contribution in [3.63, 3.8) is 0 Å². The molecule has 0 saturated carbocycles. The molecule has 2 heterocycles. The predicted molar refractivity (Wildman–Crippen MR) is 99.8 cm³/mol. The van der Waals surface area contributed by atoms with Crippen LogP contribution >= 0.6 is 0 Å². The third-order valence-corrected chi connectivity index (χ3v) is 3.90. The summed E-state index contributed by atoms with van der Waals surface area (Å²) in [6.07, 6.45) is 3.82. The van der Waals surface area contributed by atoms with E-state index in [1.807, 2.05) is 6.92 Å². The Bertz CT molecular complexity index is 1040. The molecule has 0 saturated heterocycles. The molecule has 1 N–H and O–H groups in total. The molecule has 8 heteroatoms. The highest BCUT2D eigenvalue weighted by molar-refractivity contribution is 5.91. The molecule has 0 atom stereocenters. The Morgan fingerprint density at radius 1 is 1.11 bits per heavy atom. The van der Waals surface area contributed by atoms with Crippen molar-refractivity contribution in [3.05, 3.63) is 87.0 Å². The lowest BCUT2D eigenvalue weighted by Gasteiger charge is -2.11. The summed E-state index contributed by atoms with van der Waals surface area (Å²) in [6.45, 7) is 2.25. The first-order valence-electron chi connectivity index (χ1n) is 8.58. The van der Waals surface area contributed by atoms with Gasteiger partial charge in [0.05, 0.1) is 5.69 Å². The van der Waals surface area contributed by atoms with E-state index in [-0.39, 0.29) is 18.8 Å². The van der Waals surface area contributed by atoms with Crippen molar-refractivity contribution in [3.8, 4) is 5.69 Å². The van der Waals surface area contributed by atoms with Gasteiger partial charge in [-0.1, -0.05) is 31.2 Å². The number of hydrogen-bond acceptors (Lipinski definition) is 5. The van der Waals surface area contributed by atoms with Crippen molar-refractivity contribution in [1.29, 1.82) is 0 Å². The van der Waals surface area contributed by atoms with Crippen LogP contribution in [0, 0.1) is 0 Å². The zero-order chi connectivity index (χ0) is 19.2. The van der Waals surface area contributed by atoms with Gasteiger partial charge in [0.1, 0.15) is 0 Å². The Morgan fingerprint density at radius 3 is 2.56 bits per heavy atom. The lowest BCUT2D eigenvalue weighted by molar-refractivity contribution is 0.0941. The van der Waals surface area contributed by atoms with E-state index in [2.05, 4.69) is 15.4 Å². The predicted octanol–water partition coefficient (Wildman–Crippen LogP) is 1.13. The highest BCUT2D eigenvalue weighted by Gasteiger charge is 2.19. The monoisotopic (exact) mass is 365 g/mol. The molecule has 27 heavy (non-hydrogen) atoms. The Hall–Kier alpha value is -3.55. The van der Waals surface area contributed by atoms with Gasteiger partial charge in [0.15, 0.2) is 0 Å². The summed E-state index contributed by atoms with van der Waals surface area (Å²) < 4.78 is 2.12. The molecule has 0 bridgehead atoms. The maximum Gasteiger partial charge on any atom is 0.352 e. The van der Waals surface area contributed by atoms with Crippen LogP contribution in [0.15, 0.2) is 64.4 Å². The molecular formula is C19H19N5O3. The summed E-state index contributed by atoms with van der Waals surface area (Å²) in [7, 11) is 0. The molecule has 0 fully saturated rings. The second-order valence-corrected chi connectivity index (χ2v) is 5.88. The molecule has 0 spiro atoms. The Morgan fingerprint density at radius 2 is 1.89 bits per heavy atom. The minimum absolute atomic E-state index is 0.200. The van der Waals surface area contributed by atoms with E-state index in [1.54, 1.807) is 54.9 Å². The van der Waals surface area contributed by atoms with Crippen molar-refractivity contribution < 1.29 is 4.79 Å². The quantitative estimate of drug-likeness (QED) is 0.706. The van der Waals surface area contributed by atoms with Crippen molar-refractivity contribution in [2.75, 3.05) is 0 Å². The highest BCUT2D eigenvalue weighted by Crippen LogP contribution is 2.02. The smallest absolute Gasteiger partial charge is 0.346 e. The fourth-order valence-corrected chi connectivity index (χ4v) is 2.58.